The Balaban J connectivity index is 2.61. The summed E-state index contributed by atoms with van der Waals surface area (Å²) in [4.78, 5) is 25.4. The molecule has 1 atom stereocenters. The largest absolute Gasteiger partial charge is 0.391 e. The third kappa shape index (κ3) is 1.81. The quantitative estimate of drug-likeness (QED) is 0.685. The number of imide groups is 1. The van der Waals surface area contributed by atoms with Gasteiger partial charge in [-0.25, -0.2) is 8.78 Å². The molecule has 1 aromatic rings. The van der Waals surface area contributed by atoms with Gasteiger partial charge in [0.2, 0.25) is 0 Å². The number of fused-ring (bicyclic) bond motifs is 1. The van der Waals surface area contributed by atoms with E-state index in [1.54, 1.807) is 13.8 Å². The van der Waals surface area contributed by atoms with Crippen molar-refractivity contribution >= 4 is 29.0 Å². The molecule has 7 heteroatoms. The maximum Gasteiger partial charge on any atom is 0.262 e. The Morgan fingerprint density at radius 2 is 1.65 bits per heavy atom. The van der Waals surface area contributed by atoms with Crippen molar-refractivity contribution in [3.05, 3.63) is 34.9 Å². The fraction of sp³-hybridized carbons (Fsp3) is 0.308. The molecule has 0 spiro atoms. The van der Waals surface area contributed by atoms with E-state index < -0.39 is 29.0 Å². The van der Waals surface area contributed by atoms with E-state index in [0.717, 1.165) is 17.0 Å². The van der Waals surface area contributed by atoms with Crippen LogP contribution >= 0.6 is 12.2 Å². The summed E-state index contributed by atoms with van der Waals surface area (Å²) >= 11 is 4.92. The fourth-order valence-corrected chi connectivity index (χ4v) is 2.36. The van der Waals surface area contributed by atoms with Crippen molar-refractivity contribution in [1.82, 2.24) is 4.90 Å². The van der Waals surface area contributed by atoms with Crippen LogP contribution in [-0.2, 0) is 0 Å². The molecule has 1 aliphatic heterocycles. The summed E-state index contributed by atoms with van der Waals surface area (Å²) in [6.07, 6.45) is 0.304. The average molecular weight is 298 g/mol. The molecular weight excluding hydrogens is 286 g/mol. The summed E-state index contributed by atoms with van der Waals surface area (Å²) in [5, 5.41) is 0. The van der Waals surface area contributed by atoms with Crippen LogP contribution in [0.25, 0.3) is 0 Å². The first-order valence-electron chi connectivity index (χ1n) is 5.92. The minimum absolute atomic E-state index is 0.0320. The van der Waals surface area contributed by atoms with Gasteiger partial charge in [0, 0.05) is 0 Å². The number of benzene rings is 1. The zero-order chi connectivity index (χ0) is 15.2. The molecule has 20 heavy (non-hydrogen) atoms. The first kappa shape index (κ1) is 14.5. The Morgan fingerprint density at radius 3 is 1.95 bits per heavy atom. The standard InChI is InChI=1S/C13H12F2N2O2S/c1-3-13(2,12(16)20)17-10(18)6-4-8(14)9(15)5-7(6)11(17)19/h4-5H,3H2,1-2H3,(H2,16,20). The Hall–Kier alpha value is -1.89. The molecule has 0 aliphatic carbocycles. The summed E-state index contributed by atoms with van der Waals surface area (Å²) in [5.41, 5.74) is 4.09. The highest BCUT2D eigenvalue weighted by atomic mass is 32.1. The molecule has 1 aromatic carbocycles. The summed E-state index contributed by atoms with van der Waals surface area (Å²) in [6.45, 7) is 3.26. The van der Waals surface area contributed by atoms with Gasteiger partial charge < -0.3 is 5.73 Å². The van der Waals surface area contributed by atoms with Crippen LogP contribution < -0.4 is 5.73 Å². The third-order valence-corrected chi connectivity index (χ3v) is 4.08. The second kappa shape index (κ2) is 4.59. The van der Waals surface area contributed by atoms with Crippen molar-refractivity contribution < 1.29 is 18.4 Å². The number of thiocarbonyl (C=S) groups is 1. The molecule has 1 heterocycles. The number of carbonyl (C=O) groups excluding carboxylic acids is 2. The van der Waals surface area contributed by atoms with E-state index in [2.05, 4.69) is 0 Å². The molecule has 106 valence electrons. The maximum atomic E-state index is 13.2. The summed E-state index contributed by atoms with van der Waals surface area (Å²) in [6, 6.07) is 1.45. The lowest BCUT2D eigenvalue weighted by atomic mass is 9.96. The van der Waals surface area contributed by atoms with Crippen LogP contribution in [0.3, 0.4) is 0 Å². The molecule has 2 N–H and O–H groups in total. The van der Waals surface area contributed by atoms with E-state index in [-0.39, 0.29) is 16.1 Å². The number of nitrogens with zero attached hydrogens (tertiary/aromatic N) is 1. The molecule has 0 aromatic heterocycles. The van der Waals surface area contributed by atoms with Crippen molar-refractivity contribution in [1.29, 1.82) is 0 Å². The molecule has 2 rings (SSSR count). The van der Waals surface area contributed by atoms with E-state index in [1.807, 2.05) is 0 Å². The number of hydrogen-bond acceptors (Lipinski definition) is 3. The zero-order valence-electron chi connectivity index (χ0n) is 10.9. The van der Waals surface area contributed by atoms with Gasteiger partial charge >= 0.3 is 0 Å². The van der Waals surface area contributed by atoms with E-state index in [9.17, 15) is 18.4 Å². The van der Waals surface area contributed by atoms with Gasteiger partial charge in [0.1, 0.15) is 0 Å². The molecule has 0 saturated carbocycles. The number of carbonyl (C=O) groups is 2. The van der Waals surface area contributed by atoms with Gasteiger partial charge in [-0.3, -0.25) is 14.5 Å². The van der Waals surface area contributed by atoms with E-state index >= 15 is 0 Å². The van der Waals surface area contributed by atoms with Crippen molar-refractivity contribution in [3.8, 4) is 0 Å². The van der Waals surface area contributed by atoms with Gasteiger partial charge in [-0.05, 0) is 25.5 Å². The lowest BCUT2D eigenvalue weighted by Gasteiger charge is -2.35. The smallest absolute Gasteiger partial charge is 0.262 e. The number of hydrogen-bond donors (Lipinski definition) is 1. The zero-order valence-corrected chi connectivity index (χ0v) is 11.7. The van der Waals surface area contributed by atoms with Crippen molar-refractivity contribution in [3.63, 3.8) is 0 Å². The van der Waals surface area contributed by atoms with Crippen LogP contribution in [0.1, 0.15) is 41.0 Å². The van der Waals surface area contributed by atoms with Crippen molar-refractivity contribution in [2.24, 2.45) is 5.73 Å². The number of amides is 2. The minimum atomic E-state index is -1.18. The Bertz CT molecular complexity index is 607. The number of rotatable bonds is 3. The van der Waals surface area contributed by atoms with E-state index in [0.29, 0.717) is 6.42 Å². The lowest BCUT2D eigenvalue weighted by molar-refractivity contribution is 0.0539. The van der Waals surface area contributed by atoms with E-state index in [4.69, 9.17) is 18.0 Å². The monoisotopic (exact) mass is 298 g/mol. The topological polar surface area (TPSA) is 63.4 Å². The first-order valence-corrected chi connectivity index (χ1v) is 6.32. The second-order valence-electron chi connectivity index (χ2n) is 4.75. The molecule has 0 saturated heterocycles. The predicted molar refractivity (Wildman–Crippen MR) is 72.3 cm³/mol. The van der Waals surface area contributed by atoms with Gasteiger partial charge in [-0.1, -0.05) is 19.1 Å². The van der Waals surface area contributed by atoms with E-state index in [1.165, 1.54) is 0 Å². The van der Waals surface area contributed by atoms with Gasteiger partial charge in [-0.15, -0.1) is 0 Å². The molecule has 1 unspecified atom stereocenters. The van der Waals surface area contributed by atoms with Gasteiger partial charge in [0.15, 0.2) is 11.6 Å². The van der Waals surface area contributed by atoms with Crippen LogP contribution in [0.15, 0.2) is 12.1 Å². The molecule has 4 nitrogen and oxygen atoms in total. The summed E-state index contributed by atoms with van der Waals surface area (Å²) in [7, 11) is 0. The van der Waals surface area contributed by atoms with Crippen LogP contribution in [0, 0.1) is 11.6 Å². The van der Waals surface area contributed by atoms with Gasteiger partial charge in [-0.2, -0.15) is 0 Å². The van der Waals surface area contributed by atoms with Crippen LogP contribution in [-0.4, -0.2) is 27.2 Å². The minimum Gasteiger partial charge on any atom is -0.391 e. The van der Waals surface area contributed by atoms with Crippen molar-refractivity contribution in [2.45, 2.75) is 25.8 Å². The van der Waals surface area contributed by atoms with Gasteiger partial charge in [0.05, 0.1) is 21.7 Å². The summed E-state index contributed by atoms with van der Waals surface area (Å²) < 4.78 is 26.5. The Morgan fingerprint density at radius 1 is 1.25 bits per heavy atom. The third-order valence-electron chi connectivity index (χ3n) is 3.64. The molecule has 1 aliphatic rings. The molecule has 0 radical (unpaired) electrons. The normalized spacial score (nSPS) is 17.1. The highest BCUT2D eigenvalue weighted by Gasteiger charge is 2.47. The SMILES string of the molecule is CCC(C)(C(N)=S)N1C(=O)c2cc(F)c(F)cc2C1=O. The Kier molecular flexibility index (Phi) is 3.33. The molecule has 0 bridgehead atoms. The molecule has 2 amide bonds. The highest BCUT2D eigenvalue weighted by molar-refractivity contribution is 7.80. The maximum absolute atomic E-state index is 13.2. The molecular formula is C13H12F2N2O2S. The Labute approximate surface area is 119 Å². The fourth-order valence-electron chi connectivity index (χ4n) is 2.12. The molecule has 0 fully saturated rings. The van der Waals surface area contributed by atoms with Crippen LogP contribution in [0.2, 0.25) is 0 Å². The second-order valence-corrected chi connectivity index (χ2v) is 5.19. The highest BCUT2D eigenvalue weighted by Crippen LogP contribution is 2.32. The van der Waals surface area contributed by atoms with Crippen molar-refractivity contribution in [2.75, 3.05) is 0 Å². The predicted octanol–water partition coefficient (Wildman–Crippen LogP) is 2.02. The average Bonchev–Trinajstić information content (AvgIpc) is 2.62. The van der Waals surface area contributed by atoms with Crippen LogP contribution in [0.5, 0.6) is 0 Å². The number of nitrogens with two attached hydrogens (primary N) is 1. The van der Waals surface area contributed by atoms with Gasteiger partial charge in [0.25, 0.3) is 11.8 Å². The summed E-state index contributed by atoms with van der Waals surface area (Å²) in [5.74, 6) is -3.80. The first-order chi connectivity index (χ1) is 9.24. The number of halogens is 2. The van der Waals surface area contributed by atoms with Crippen LogP contribution in [0.4, 0.5) is 8.78 Å². The lowest BCUT2D eigenvalue weighted by Crippen LogP contribution is -2.56.